The van der Waals surface area contributed by atoms with Crippen LogP contribution >= 0.6 is 0 Å². The molecule has 61 heavy (non-hydrogen) atoms. The van der Waals surface area contributed by atoms with E-state index in [0.29, 0.717) is 37.9 Å². The number of nitrogens with one attached hydrogen (secondary N) is 7. The van der Waals surface area contributed by atoms with Gasteiger partial charge >= 0.3 is 11.9 Å². The van der Waals surface area contributed by atoms with Crippen molar-refractivity contribution in [3.8, 4) is 0 Å². The van der Waals surface area contributed by atoms with Crippen LogP contribution in [0.25, 0.3) is 10.9 Å². The van der Waals surface area contributed by atoms with Gasteiger partial charge in [0.2, 0.25) is 35.4 Å². The summed E-state index contributed by atoms with van der Waals surface area (Å²) in [4.78, 5) is 111. The molecule has 2 aliphatic heterocycles. The summed E-state index contributed by atoms with van der Waals surface area (Å²) >= 11 is 0. The summed E-state index contributed by atoms with van der Waals surface area (Å²) in [6.45, 7) is 11.9. The summed E-state index contributed by atoms with van der Waals surface area (Å²) in [5.41, 5.74) is 1.53. The number of likely N-dealkylation sites (tertiary alicyclic amines) is 1. The zero-order valence-corrected chi connectivity index (χ0v) is 36.0. The van der Waals surface area contributed by atoms with Gasteiger partial charge in [-0.15, -0.1) is 0 Å². The van der Waals surface area contributed by atoms with E-state index in [1.54, 1.807) is 38.8 Å². The van der Waals surface area contributed by atoms with Crippen LogP contribution in [-0.4, -0.2) is 123 Å². The Balaban J connectivity index is 1.56. The van der Waals surface area contributed by atoms with Crippen molar-refractivity contribution in [2.45, 2.75) is 142 Å². The van der Waals surface area contributed by atoms with Crippen LogP contribution in [0.4, 0.5) is 0 Å². The van der Waals surface area contributed by atoms with Crippen molar-refractivity contribution in [3.05, 3.63) is 36.0 Å². The molecule has 7 atom stereocenters. The number of aliphatic carboxylic acids is 2. The summed E-state index contributed by atoms with van der Waals surface area (Å²) in [7, 11) is 0. The summed E-state index contributed by atoms with van der Waals surface area (Å²) < 4.78 is 0. The number of carbonyl (C=O) groups is 8. The number of H-pyrrole nitrogens is 1. The SMILES string of the molecule is CC(C)C[C@H](NC(=O)[C@H](CC(C)C)NC(=O)[C@H](CC(=O)O)NC(=O)[C@H](CC(C)C)NC(=O)[C@H](Cc1c[nH]c2ccccc12)NC(=O)[C@@H]1CCCN1C(=O)[C@@H]1CCCN1)C(=O)O. The maximum Gasteiger partial charge on any atom is 0.326 e. The highest BCUT2D eigenvalue weighted by Gasteiger charge is 2.40. The average Bonchev–Trinajstić information content (AvgIpc) is 3.98. The Morgan fingerprint density at radius 1 is 0.689 bits per heavy atom. The molecule has 336 valence electrons. The smallest absolute Gasteiger partial charge is 0.326 e. The van der Waals surface area contributed by atoms with E-state index in [4.69, 9.17) is 0 Å². The number of nitrogens with zero attached hydrogens (tertiary/aromatic N) is 1. The van der Waals surface area contributed by atoms with Gasteiger partial charge in [0.25, 0.3) is 0 Å². The number of carboxylic acids is 2. The van der Waals surface area contributed by atoms with Crippen molar-refractivity contribution in [1.29, 1.82) is 0 Å². The molecule has 1 aromatic carbocycles. The Morgan fingerprint density at radius 3 is 1.79 bits per heavy atom. The Labute approximate surface area is 356 Å². The number of carboxylic acid groups (broad SMARTS) is 2. The van der Waals surface area contributed by atoms with E-state index in [9.17, 15) is 48.6 Å². The van der Waals surface area contributed by atoms with Crippen LogP contribution in [0.15, 0.2) is 30.5 Å². The minimum Gasteiger partial charge on any atom is -0.481 e. The fourth-order valence-electron chi connectivity index (χ4n) is 7.97. The van der Waals surface area contributed by atoms with Crippen LogP contribution in [0.5, 0.6) is 0 Å². The quantitative estimate of drug-likeness (QED) is 0.0821. The van der Waals surface area contributed by atoms with E-state index in [-0.39, 0.29) is 55.4 Å². The number of fused-ring (bicyclic) bond motifs is 1. The number of amides is 6. The fraction of sp³-hybridized carbons (Fsp3) is 0.628. The molecule has 2 fully saturated rings. The molecule has 0 aliphatic carbocycles. The highest BCUT2D eigenvalue weighted by Crippen LogP contribution is 2.23. The van der Waals surface area contributed by atoms with Gasteiger partial charge in [0.05, 0.1) is 12.5 Å². The van der Waals surface area contributed by atoms with Gasteiger partial charge in [-0.2, -0.15) is 0 Å². The number of benzene rings is 1. The molecule has 9 N–H and O–H groups in total. The molecule has 0 saturated carbocycles. The number of carbonyl (C=O) groups excluding carboxylic acids is 6. The van der Waals surface area contributed by atoms with Gasteiger partial charge in [-0.1, -0.05) is 59.7 Å². The first kappa shape index (κ1) is 48.1. The van der Waals surface area contributed by atoms with Crippen molar-refractivity contribution < 1.29 is 48.6 Å². The molecule has 2 saturated heterocycles. The highest BCUT2D eigenvalue weighted by atomic mass is 16.4. The van der Waals surface area contributed by atoms with Gasteiger partial charge < -0.3 is 52.0 Å². The van der Waals surface area contributed by atoms with Crippen molar-refractivity contribution >= 4 is 58.3 Å². The van der Waals surface area contributed by atoms with E-state index in [1.807, 2.05) is 38.1 Å². The van der Waals surface area contributed by atoms with Gasteiger partial charge in [0, 0.05) is 30.1 Å². The van der Waals surface area contributed by atoms with Gasteiger partial charge in [-0.3, -0.25) is 33.6 Å². The number of rotatable bonds is 22. The minimum atomic E-state index is -1.69. The molecule has 4 rings (SSSR count). The molecule has 0 unspecified atom stereocenters. The fourth-order valence-corrected chi connectivity index (χ4v) is 7.97. The topological polar surface area (TPSA) is 268 Å². The average molecular weight is 853 g/mol. The van der Waals surface area contributed by atoms with Gasteiger partial charge in [-0.25, -0.2) is 4.79 Å². The summed E-state index contributed by atoms with van der Waals surface area (Å²) in [6.07, 6.45) is 3.71. The Bertz CT molecular complexity index is 1890. The molecule has 3 heterocycles. The Morgan fingerprint density at radius 2 is 1.23 bits per heavy atom. The molecule has 18 nitrogen and oxygen atoms in total. The minimum absolute atomic E-state index is 0.0195. The second kappa shape index (κ2) is 22.4. The third kappa shape index (κ3) is 14.0. The Kier molecular flexibility index (Phi) is 17.6. The number of para-hydroxylation sites is 1. The van der Waals surface area contributed by atoms with E-state index in [2.05, 4.69) is 36.9 Å². The Hall–Kier alpha value is -5.52. The molecule has 1 aromatic heterocycles. The normalized spacial score (nSPS) is 18.9. The number of aromatic nitrogens is 1. The molecule has 2 aliphatic rings. The van der Waals surface area contributed by atoms with Crippen LogP contribution in [-0.2, 0) is 44.8 Å². The van der Waals surface area contributed by atoms with Gasteiger partial charge in [0.1, 0.15) is 36.3 Å². The molecule has 18 heteroatoms. The first-order valence-electron chi connectivity index (χ1n) is 21.4. The van der Waals surface area contributed by atoms with Crippen molar-refractivity contribution in [2.24, 2.45) is 17.8 Å². The standard InChI is InChI=1S/C43H64N8O10/c1-23(2)17-30(37(54)48-33(21-36(52)53)40(57)47-31(18-24(3)4)38(55)50-34(43(60)61)19-25(5)6)46-39(56)32(20-26-22-45-28-12-8-7-11-27(26)28)49-41(58)35-14-10-16-51(35)42(59)29-13-9-15-44-29/h7-8,11-12,22-25,29-35,44-45H,9-10,13-21H2,1-6H3,(H,46,56)(H,47,57)(H,48,54)(H,49,58)(H,50,55)(H,52,53)(H,60,61)/t29-,30-,31-,32-,33-,34-,35-/m0/s1. The zero-order chi connectivity index (χ0) is 45.0. The maximum atomic E-state index is 14.3. The van der Waals surface area contributed by atoms with Crippen LogP contribution in [0.1, 0.15) is 98.5 Å². The van der Waals surface area contributed by atoms with Crippen molar-refractivity contribution in [2.75, 3.05) is 13.1 Å². The number of aromatic amines is 1. The lowest BCUT2D eigenvalue weighted by Gasteiger charge is -2.29. The molecule has 0 bridgehead atoms. The van der Waals surface area contributed by atoms with E-state index >= 15 is 0 Å². The summed E-state index contributed by atoms with van der Waals surface area (Å²) in [5, 5.41) is 36.6. The van der Waals surface area contributed by atoms with E-state index in [1.165, 1.54) is 0 Å². The monoisotopic (exact) mass is 852 g/mol. The lowest BCUT2D eigenvalue weighted by atomic mass is 9.99. The van der Waals surface area contributed by atoms with Crippen LogP contribution in [0, 0.1) is 17.8 Å². The second-order valence-electron chi connectivity index (χ2n) is 17.5. The largest absolute Gasteiger partial charge is 0.481 e. The van der Waals surface area contributed by atoms with Crippen LogP contribution in [0.3, 0.4) is 0 Å². The molecular weight excluding hydrogens is 789 g/mol. The summed E-state index contributed by atoms with van der Waals surface area (Å²) in [6, 6.07) is -0.412. The number of hydrogen-bond donors (Lipinski definition) is 9. The van der Waals surface area contributed by atoms with E-state index in [0.717, 1.165) is 17.3 Å². The molecule has 0 radical (unpaired) electrons. The van der Waals surface area contributed by atoms with Gasteiger partial charge in [0.15, 0.2) is 0 Å². The van der Waals surface area contributed by atoms with Gasteiger partial charge in [-0.05, 0) is 80.9 Å². The van der Waals surface area contributed by atoms with Crippen molar-refractivity contribution in [1.82, 2.24) is 41.8 Å². The number of hydrogen-bond acceptors (Lipinski definition) is 9. The molecular formula is C43H64N8O10. The maximum absolute atomic E-state index is 14.3. The van der Waals surface area contributed by atoms with Crippen LogP contribution in [0.2, 0.25) is 0 Å². The predicted octanol–water partition coefficient (Wildman–Crippen LogP) is 1.58. The zero-order valence-electron chi connectivity index (χ0n) is 36.0. The third-order valence-corrected chi connectivity index (χ3v) is 10.9. The van der Waals surface area contributed by atoms with Crippen LogP contribution < -0.4 is 31.9 Å². The molecule has 0 spiro atoms. The van der Waals surface area contributed by atoms with E-state index < -0.39 is 84.1 Å². The summed E-state index contributed by atoms with van der Waals surface area (Å²) in [5.74, 6) is -7.09. The molecule has 2 aromatic rings. The highest BCUT2D eigenvalue weighted by molar-refractivity contribution is 5.98. The predicted molar refractivity (Wildman–Crippen MR) is 226 cm³/mol. The lowest BCUT2D eigenvalue weighted by Crippen LogP contribution is -2.60. The van der Waals surface area contributed by atoms with Crippen molar-refractivity contribution in [3.63, 3.8) is 0 Å². The molecule has 6 amide bonds. The second-order valence-corrected chi connectivity index (χ2v) is 17.5. The first-order valence-corrected chi connectivity index (χ1v) is 21.4. The lowest BCUT2D eigenvalue weighted by molar-refractivity contribution is -0.143. The first-order chi connectivity index (χ1) is 28.8. The third-order valence-electron chi connectivity index (χ3n) is 10.9.